The molecule has 0 amide bonds. The lowest BCUT2D eigenvalue weighted by molar-refractivity contribution is -0.129. The van der Waals surface area contributed by atoms with Crippen LogP contribution >= 0.6 is 11.6 Å². The van der Waals surface area contributed by atoms with Crippen molar-refractivity contribution >= 4 is 23.6 Å². The molecule has 0 heterocycles. The first kappa shape index (κ1) is 15.9. The first-order valence-electron chi connectivity index (χ1n) is 6.51. The lowest BCUT2D eigenvalue weighted by Gasteiger charge is -2.11. The smallest absolute Gasteiger partial charge is 0.336 e. The van der Waals surface area contributed by atoms with E-state index in [0.29, 0.717) is 16.5 Å². The Balaban J connectivity index is 2.18. The van der Waals surface area contributed by atoms with Crippen LogP contribution in [0.2, 0.25) is 5.02 Å². The lowest BCUT2D eigenvalue weighted by Crippen LogP contribution is -2.06. The van der Waals surface area contributed by atoms with Crippen molar-refractivity contribution in [2.45, 2.75) is 0 Å². The van der Waals surface area contributed by atoms with Crippen LogP contribution in [0.4, 0.5) is 0 Å². The monoisotopic (exact) mass is 318 g/mol. The standard InChI is InChI=1S/C17H15ClO4/c1-20-14-8-5-9-15(21-2)17(14)22-16(19)11-10-12-6-3-4-7-13(12)18/h3-11H,1-2H3. The zero-order chi connectivity index (χ0) is 15.9. The van der Waals surface area contributed by atoms with Crippen molar-refractivity contribution in [2.24, 2.45) is 0 Å². The van der Waals surface area contributed by atoms with Crippen molar-refractivity contribution < 1.29 is 19.0 Å². The Kier molecular flexibility index (Phi) is 5.44. The van der Waals surface area contributed by atoms with Gasteiger partial charge >= 0.3 is 5.97 Å². The van der Waals surface area contributed by atoms with Crippen LogP contribution in [0.5, 0.6) is 17.2 Å². The Hall–Kier alpha value is -2.46. The van der Waals surface area contributed by atoms with Crippen LogP contribution in [-0.2, 0) is 4.79 Å². The number of ether oxygens (including phenoxy) is 3. The first-order chi connectivity index (χ1) is 10.7. The molecule has 114 valence electrons. The van der Waals surface area contributed by atoms with Crippen LogP contribution < -0.4 is 14.2 Å². The molecule has 5 heteroatoms. The number of hydrogen-bond donors (Lipinski definition) is 0. The molecule has 0 fully saturated rings. The number of para-hydroxylation sites is 1. The van der Waals surface area contributed by atoms with Crippen molar-refractivity contribution in [3.05, 3.63) is 59.1 Å². The third-order valence-corrected chi connectivity index (χ3v) is 3.23. The van der Waals surface area contributed by atoms with Crippen LogP contribution in [0, 0.1) is 0 Å². The number of hydrogen-bond acceptors (Lipinski definition) is 4. The maximum atomic E-state index is 12.0. The molecule has 0 saturated carbocycles. The minimum absolute atomic E-state index is 0.237. The molecule has 2 aromatic rings. The Morgan fingerprint density at radius 3 is 2.23 bits per heavy atom. The van der Waals surface area contributed by atoms with Crippen molar-refractivity contribution in [3.63, 3.8) is 0 Å². The van der Waals surface area contributed by atoms with E-state index in [2.05, 4.69) is 0 Å². The fourth-order valence-electron chi connectivity index (χ4n) is 1.82. The Morgan fingerprint density at radius 1 is 1.00 bits per heavy atom. The summed E-state index contributed by atoms with van der Waals surface area (Å²) < 4.78 is 15.6. The number of halogens is 1. The van der Waals surface area contributed by atoms with Crippen molar-refractivity contribution in [1.29, 1.82) is 0 Å². The van der Waals surface area contributed by atoms with Crippen molar-refractivity contribution in [1.82, 2.24) is 0 Å². The van der Waals surface area contributed by atoms with Crippen LogP contribution in [0.3, 0.4) is 0 Å². The van der Waals surface area contributed by atoms with E-state index in [0.717, 1.165) is 5.56 Å². The van der Waals surface area contributed by atoms with Crippen LogP contribution in [-0.4, -0.2) is 20.2 Å². The molecule has 0 radical (unpaired) electrons. The van der Waals surface area contributed by atoms with Gasteiger partial charge in [-0.15, -0.1) is 0 Å². The summed E-state index contributed by atoms with van der Waals surface area (Å²) in [4.78, 5) is 12.0. The van der Waals surface area contributed by atoms with E-state index in [1.807, 2.05) is 12.1 Å². The summed E-state index contributed by atoms with van der Waals surface area (Å²) in [5.74, 6) is 0.515. The average Bonchev–Trinajstić information content (AvgIpc) is 2.54. The van der Waals surface area contributed by atoms with E-state index in [-0.39, 0.29) is 5.75 Å². The second-order valence-electron chi connectivity index (χ2n) is 4.27. The predicted octanol–water partition coefficient (Wildman–Crippen LogP) is 3.98. The van der Waals surface area contributed by atoms with E-state index in [1.54, 1.807) is 36.4 Å². The molecule has 0 saturated heterocycles. The zero-order valence-electron chi connectivity index (χ0n) is 12.2. The molecule has 22 heavy (non-hydrogen) atoms. The van der Waals surface area contributed by atoms with Crippen molar-refractivity contribution in [3.8, 4) is 17.2 Å². The fourth-order valence-corrected chi connectivity index (χ4v) is 2.02. The number of carbonyl (C=O) groups is 1. The van der Waals surface area contributed by atoms with E-state index < -0.39 is 5.97 Å². The van der Waals surface area contributed by atoms with E-state index in [9.17, 15) is 4.79 Å². The van der Waals surface area contributed by atoms with Gasteiger partial charge in [-0.1, -0.05) is 35.9 Å². The maximum Gasteiger partial charge on any atom is 0.336 e. The van der Waals surface area contributed by atoms with Crippen molar-refractivity contribution in [2.75, 3.05) is 14.2 Å². The highest BCUT2D eigenvalue weighted by molar-refractivity contribution is 6.32. The van der Waals surface area contributed by atoms with E-state index in [1.165, 1.54) is 20.3 Å². The van der Waals surface area contributed by atoms with Gasteiger partial charge in [-0.05, 0) is 29.8 Å². The van der Waals surface area contributed by atoms with Gasteiger partial charge < -0.3 is 14.2 Å². The Morgan fingerprint density at radius 2 is 1.64 bits per heavy atom. The second kappa shape index (κ2) is 7.52. The highest BCUT2D eigenvalue weighted by atomic mass is 35.5. The molecule has 0 bridgehead atoms. The number of rotatable bonds is 5. The number of benzene rings is 2. The molecule has 0 N–H and O–H groups in total. The Bertz CT molecular complexity index is 673. The van der Waals surface area contributed by atoms with Gasteiger partial charge in [-0.25, -0.2) is 4.79 Å². The summed E-state index contributed by atoms with van der Waals surface area (Å²) in [7, 11) is 2.98. The van der Waals surface area contributed by atoms with E-state index >= 15 is 0 Å². The molecular weight excluding hydrogens is 304 g/mol. The predicted molar refractivity (Wildman–Crippen MR) is 85.7 cm³/mol. The molecule has 0 aliphatic rings. The number of carbonyl (C=O) groups excluding carboxylic acids is 1. The second-order valence-corrected chi connectivity index (χ2v) is 4.67. The first-order valence-corrected chi connectivity index (χ1v) is 6.89. The molecule has 0 unspecified atom stereocenters. The maximum absolute atomic E-state index is 12.0. The summed E-state index contributed by atoms with van der Waals surface area (Å²) in [6.07, 6.45) is 2.89. The zero-order valence-corrected chi connectivity index (χ0v) is 13.0. The highest BCUT2D eigenvalue weighted by Gasteiger charge is 2.14. The number of esters is 1. The van der Waals surface area contributed by atoms with Gasteiger partial charge in [0.15, 0.2) is 11.5 Å². The molecule has 2 rings (SSSR count). The lowest BCUT2D eigenvalue weighted by atomic mass is 10.2. The summed E-state index contributed by atoms with van der Waals surface area (Å²) in [5, 5.41) is 0.557. The minimum atomic E-state index is -0.553. The van der Waals surface area contributed by atoms with E-state index in [4.69, 9.17) is 25.8 Å². The number of methoxy groups -OCH3 is 2. The topological polar surface area (TPSA) is 44.8 Å². The molecule has 0 aromatic heterocycles. The molecule has 0 aliphatic carbocycles. The molecule has 0 atom stereocenters. The SMILES string of the molecule is COc1cccc(OC)c1OC(=O)C=Cc1ccccc1Cl. The van der Waals surface area contributed by atoms with Gasteiger partial charge in [-0.2, -0.15) is 0 Å². The molecule has 4 nitrogen and oxygen atoms in total. The summed E-state index contributed by atoms with van der Waals surface area (Å²) in [6, 6.07) is 12.3. The quantitative estimate of drug-likeness (QED) is 0.475. The highest BCUT2D eigenvalue weighted by Crippen LogP contribution is 2.36. The molecule has 2 aromatic carbocycles. The van der Waals surface area contributed by atoms with Gasteiger partial charge in [0.05, 0.1) is 14.2 Å². The third-order valence-electron chi connectivity index (χ3n) is 2.89. The largest absolute Gasteiger partial charge is 0.493 e. The van der Waals surface area contributed by atoms with Gasteiger partial charge in [0.1, 0.15) is 0 Å². The van der Waals surface area contributed by atoms with Gasteiger partial charge in [0.2, 0.25) is 5.75 Å². The Labute approximate surface area is 133 Å². The molecule has 0 spiro atoms. The van der Waals surface area contributed by atoms with Gasteiger partial charge in [0, 0.05) is 11.1 Å². The normalized spacial score (nSPS) is 10.5. The molecular formula is C17H15ClO4. The molecule has 0 aliphatic heterocycles. The third kappa shape index (κ3) is 3.80. The summed E-state index contributed by atoms with van der Waals surface area (Å²) in [5.41, 5.74) is 0.730. The van der Waals surface area contributed by atoms with Gasteiger partial charge in [0.25, 0.3) is 0 Å². The van der Waals surface area contributed by atoms with Gasteiger partial charge in [-0.3, -0.25) is 0 Å². The summed E-state index contributed by atoms with van der Waals surface area (Å²) >= 11 is 6.02. The fraction of sp³-hybridized carbons (Fsp3) is 0.118. The van der Waals surface area contributed by atoms with Crippen LogP contribution in [0.1, 0.15) is 5.56 Å². The van der Waals surface area contributed by atoms with Crippen LogP contribution in [0.25, 0.3) is 6.08 Å². The minimum Gasteiger partial charge on any atom is -0.493 e. The average molecular weight is 319 g/mol. The summed E-state index contributed by atoms with van der Waals surface area (Å²) in [6.45, 7) is 0. The van der Waals surface area contributed by atoms with Crippen LogP contribution in [0.15, 0.2) is 48.5 Å².